The van der Waals surface area contributed by atoms with Crippen LogP contribution in [0.25, 0.3) is 22.3 Å². The average molecular weight is 352 g/mol. The molecule has 0 saturated carbocycles. The Morgan fingerprint density at radius 3 is 2.48 bits per heavy atom. The third kappa shape index (κ3) is 3.72. The van der Waals surface area contributed by atoms with Gasteiger partial charge in [-0.05, 0) is 59.3 Å². The molecule has 0 spiro atoms. The summed E-state index contributed by atoms with van der Waals surface area (Å²) in [5, 5.41) is 25.8. The first-order chi connectivity index (χ1) is 12.1. The molecule has 3 aromatic rings. The van der Waals surface area contributed by atoms with E-state index in [0.29, 0.717) is 5.56 Å². The normalized spacial score (nSPS) is 11.0. The van der Waals surface area contributed by atoms with Crippen LogP contribution < -0.4 is 0 Å². The van der Waals surface area contributed by atoms with Crippen LogP contribution in [-0.2, 0) is 6.42 Å². The summed E-state index contributed by atoms with van der Waals surface area (Å²) in [4.78, 5) is 0. The van der Waals surface area contributed by atoms with E-state index in [4.69, 9.17) is 0 Å². The van der Waals surface area contributed by atoms with Gasteiger partial charge in [0.05, 0.1) is 5.56 Å². The SMILES string of the molecule is CCCCCc1cc(O)c(-c2cccc(C)c2)c(O)c1-c1ccsc1. The summed E-state index contributed by atoms with van der Waals surface area (Å²) < 4.78 is 0. The van der Waals surface area contributed by atoms with Crippen LogP contribution in [0.1, 0.15) is 37.3 Å². The van der Waals surface area contributed by atoms with Gasteiger partial charge in [0.25, 0.3) is 0 Å². The van der Waals surface area contributed by atoms with Gasteiger partial charge >= 0.3 is 0 Å². The largest absolute Gasteiger partial charge is 0.507 e. The molecule has 1 heterocycles. The molecule has 25 heavy (non-hydrogen) atoms. The van der Waals surface area contributed by atoms with E-state index in [0.717, 1.165) is 53.5 Å². The third-order valence-corrected chi connectivity index (χ3v) is 5.21. The van der Waals surface area contributed by atoms with Crippen molar-refractivity contribution >= 4 is 11.3 Å². The molecule has 0 atom stereocenters. The van der Waals surface area contributed by atoms with Crippen LogP contribution in [0.2, 0.25) is 0 Å². The van der Waals surface area contributed by atoms with Crippen molar-refractivity contribution in [2.45, 2.75) is 39.5 Å². The number of rotatable bonds is 6. The molecule has 2 nitrogen and oxygen atoms in total. The fraction of sp³-hybridized carbons (Fsp3) is 0.273. The molecule has 1 aromatic heterocycles. The molecule has 0 bridgehead atoms. The molecule has 0 aliphatic carbocycles. The molecule has 0 aliphatic rings. The van der Waals surface area contributed by atoms with Gasteiger partial charge in [-0.3, -0.25) is 0 Å². The Bertz CT molecular complexity index is 851. The van der Waals surface area contributed by atoms with E-state index < -0.39 is 0 Å². The Kier molecular flexibility index (Phi) is 5.44. The first-order valence-corrected chi connectivity index (χ1v) is 9.73. The van der Waals surface area contributed by atoms with Gasteiger partial charge in [0.1, 0.15) is 11.5 Å². The topological polar surface area (TPSA) is 40.5 Å². The van der Waals surface area contributed by atoms with E-state index in [1.54, 1.807) is 11.3 Å². The number of aryl methyl sites for hydroxylation is 2. The summed E-state index contributed by atoms with van der Waals surface area (Å²) in [6, 6.07) is 11.7. The maximum atomic E-state index is 11.1. The minimum atomic E-state index is 0.147. The van der Waals surface area contributed by atoms with Crippen molar-refractivity contribution in [2.75, 3.05) is 0 Å². The summed E-state index contributed by atoms with van der Waals surface area (Å²) >= 11 is 1.61. The number of benzene rings is 2. The van der Waals surface area contributed by atoms with Crippen LogP contribution in [-0.4, -0.2) is 10.2 Å². The van der Waals surface area contributed by atoms with Gasteiger partial charge in [-0.25, -0.2) is 0 Å². The second kappa shape index (κ2) is 7.75. The van der Waals surface area contributed by atoms with Crippen molar-refractivity contribution in [1.82, 2.24) is 0 Å². The molecule has 0 fully saturated rings. The molecular weight excluding hydrogens is 328 g/mol. The number of phenolic OH excluding ortho intramolecular Hbond substituents is 2. The third-order valence-electron chi connectivity index (χ3n) is 4.53. The van der Waals surface area contributed by atoms with Gasteiger partial charge in [-0.1, -0.05) is 49.6 Å². The van der Waals surface area contributed by atoms with E-state index in [9.17, 15) is 10.2 Å². The molecule has 2 aromatic carbocycles. The van der Waals surface area contributed by atoms with Crippen molar-refractivity contribution in [3.8, 4) is 33.8 Å². The summed E-state index contributed by atoms with van der Waals surface area (Å²) in [5.74, 6) is 0.323. The molecule has 0 radical (unpaired) electrons. The molecule has 3 rings (SSSR count). The minimum absolute atomic E-state index is 0.147. The number of phenols is 2. The summed E-state index contributed by atoms with van der Waals surface area (Å²) in [7, 11) is 0. The second-order valence-corrected chi connectivity index (χ2v) is 7.27. The van der Waals surface area contributed by atoms with Gasteiger partial charge in [0, 0.05) is 5.56 Å². The van der Waals surface area contributed by atoms with E-state index in [1.807, 2.05) is 48.7 Å². The summed E-state index contributed by atoms with van der Waals surface area (Å²) in [5.41, 5.74) is 5.34. The molecule has 0 amide bonds. The van der Waals surface area contributed by atoms with Gasteiger partial charge in [0.15, 0.2) is 0 Å². The zero-order valence-electron chi connectivity index (χ0n) is 14.7. The number of unbranched alkanes of at least 4 members (excludes halogenated alkanes) is 2. The van der Waals surface area contributed by atoms with Gasteiger partial charge in [0.2, 0.25) is 0 Å². The fourth-order valence-electron chi connectivity index (χ4n) is 3.28. The number of hydrogen-bond acceptors (Lipinski definition) is 3. The molecule has 0 aliphatic heterocycles. The van der Waals surface area contributed by atoms with Crippen LogP contribution in [0.4, 0.5) is 0 Å². The number of thiophene rings is 1. The quantitative estimate of drug-likeness (QED) is 0.495. The summed E-state index contributed by atoms with van der Waals surface area (Å²) in [6.07, 6.45) is 4.20. The van der Waals surface area contributed by atoms with E-state index in [2.05, 4.69) is 12.3 Å². The predicted octanol–water partition coefficient (Wildman–Crippen LogP) is 6.53. The smallest absolute Gasteiger partial charge is 0.135 e. The maximum Gasteiger partial charge on any atom is 0.135 e. The highest BCUT2D eigenvalue weighted by atomic mass is 32.1. The fourth-order valence-corrected chi connectivity index (χ4v) is 3.93. The zero-order chi connectivity index (χ0) is 17.8. The Hall–Kier alpha value is -2.26. The predicted molar refractivity (Wildman–Crippen MR) is 106 cm³/mol. The van der Waals surface area contributed by atoms with Crippen LogP contribution >= 0.6 is 11.3 Å². The Balaban J connectivity index is 2.17. The molecule has 0 saturated heterocycles. The molecule has 2 N–H and O–H groups in total. The van der Waals surface area contributed by atoms with Crippen LogP contribution in [0.5, 0.6) is 11.5 Å². The zero-order valence-corrected chi connectivity index (χ0v) is 15.6. The lowest BCUT2D eigenvalue weighted by Crippen LogP contribution is -1.94. The van der Waals surface area contributed by atoms with E-state index >= 15 is 0 Å². The van der Waals surface area contributed by atoms with Gasteiger partial charge < -0.3 is 10.2 Å². The molecule has 3 heteroatoms. The van der Waals surface area contributed by atoms with E-state index in [-0.39, 0.29) is 11.5 Å². The second-order valence-electron chi connectivity index (χ2n) is 6.49. The average Bonchev–Trinajstić information content (AvgIpc) is 3.09. The van der Waals surface area contributed by atoms with Gasteiger partial charge in [-0.2, -0.15) is 11.3 Å². The van der Waals surface area contributed by atoms with Gasteiger partial charge in [-0.15, -0.1) is 0 Å². The minimum Gasteiger partial charge on any atom is -0.507 e. The van der Waals surface area contributed by atoms with Crippen LogP contribution in [0, 0.1) is 6.92 Å². The standard InChI is InChI=1S/C22H24O2S/c1-3-4-5-8-17-13-19(23)21(16-9-6-7-15(2)12-16)22(24)20(17)18-10-11-25-14-18/h6-7,9-14,23-24H,3-5,8H2,1-2H3. The maximum absolute atomic E-state index is 11.1. The molecule has 130 valence electrons. The number of aromatic hydroxyl groups is 2. The van der Waals surface area contributed by atoms with E-state index in [1.165, 1.54) is 0 Å². The lowest BCUT2D eigenvalue weighted by molar-refractivity contribution is 0.454. The summed E-state index contributed by atoms with van der Waals surface area (Å²) in [6.45, 7) is 4.19. The first-order valence-electron chi connectivity index (χ1n) is 8.79. The Morgan fingerprint density at radius 1 is 0.960 bits per heavy atom. The highest BCUT2D eigenvalue weighted by Gasteiger charge is 2.20. The Morgan fingerprint density at radius 2 is 1.80 bits per heavy atom. The highest BCUT2D eigenvalue weighted by molar-refractivity contribution is 7.08. The van der Waals surface area contributed by atoms with Crippen molar-refractivity contribution in [3.05, 3.63) is 58.3 Å². The first kappa shape index (κ1) is 17.6. The van der Waals surface area contributed by atoms with Crippen LogP contribution in [0.3, 0.4) is 0 Å². The highest BCUT2D eigenvalue weighted by Crippen LogP contribution is 2.46. The van der Waals surface area contributed by atoms with Crippen molar-refractivity contribution < 1.29 is 10.2 Å². The lowest BCUT2D eigenvalue weighted by Gasteiger charge is -2.17. The number of hydrogen-bond donors (Lipinski definition) is 2. The van der Waals surface area contributed by atoms with Crippen molar-refractivity contribution in [3.63, 3.8) is 0 Å². The Labute approximate surface area is 153 Å². The van der Waals surface area contributed by atoms with Crippen molar-refractivity contribution in [2.24, 2.45) is 0 Å². The van der Waals surface area contributed by atoms with Crippen LogP contribution in [0.15, 0.2) is 47.2 Å². The van der Waals surface area contributed by atoms with Crippen molar-refractivity contribution in [1.29, 1.82) is 0 Å². The lowest BCUT2D eigenvalue weighted by atomic mass is 9.90. The molecule has 0 unspecified atom stereocenters. The molecular formula is C22H24O2S. The monoisotopic (exact) mass is 352 g/mol.